The number of hydrogen-bond acceptors (Lipinski definition) is 4. The summed E-state index contributed by atoms with van der Waals surface area (Å²) in [5, 5.41) is 17.9. The zero-order chi connectivity index (χ0) is 13.0. The molecule has 0 aromatic heterocycles. The lowest BCUT2D eigenvalue weighted by atomic mass is 9.81. The third-order valence-electron chi connectivity index (χ3n) is 4.04. The lowest BCUT2D eigenvalue weighted by Crippen LogP contribution is -2.31. The molecule has 0 aliphatic carbocycles. The summed E-state index contributed by atoms with van der Waals surface area (Å²) in [6.07, 6.45) is 4.90. The fourth-order valence-corrected chi connectivity index (χ4v) is 4.36. The van der Waals surface area contributed by atoms with Crippen molar-refractivity contribution in [1.82, 2.24) is 0 Å². The van der Waals surface area contributed by atoms with Crippen LogP contribution in [0.2, 0.25) is 0 Å². The summed E-state index contributed by atoms with van der Waals surface area (Å²) in [4.78, 5) is 10.4. The zero-order valence-electron chi connectivity index (χ0n) is 10.6. The molecule has 0 saturated carbocycles. The van der Waals surface area contributed by atoms with E-state index in [1.807, 2.05) is 11.8 Å². The molecule has 2 fully saturated rings. The molecule has 4 unspecified atom stereocenters. The number of fused-ring (bicyclic) bond motifs is 2. The van der Waals surface area contributed by atoms with Gasteiger partial charge in [0.2, 0.25) is 0 Å². The van der Waals surface area contributed by atoms with Gasteiger partial charge >= 0.3 is 5.97 Å². The number of aliphatic carboxylic acids is 1. The molecule has 2 aliphatic heterocycles. The Hall–Kier alpha value is -0.260. The Morgan fingerprint density at radius 3 is 2.61 bits per heavy atom. The number of carboxylic acid groups (broad SMARTS) is 1. The van der Waals surface area contributed by atoms with Gasteiger partial charge in [-0.05, 0) is 37.2 Å². The quantitative estimate of drug-likeness (QED) is 0.660. The minimum atomic E-state index is -0.707. The minimum Gasteiger partial charge on any atom is -0.481 e. The Morgan fingerprint density at radius 1 is 1.22 bits per heavy atom. The molecule has 0 aromatic rings. The normalized spacial score (nSPS) is 34.1. The number of aliphatic hydroxyl groups is 1. The van der Waals surface area contributed by atoms with Gasteiger partial charge in [-0.25, -0.2) is 0 Å². The maximum Gasteiger partial charge on any atom is 0.303 e. The van der Waals surface area contributed by atoms with Crippen molar-refractivity contribution in [3.8, 4) is 0 Å². The molecule has 5 heteroatoms. The summed E-state index contributed by atoms with van der Waals surface area (Å²) >= 11 is 1.88. The first-order valence-electron chi connectivity index (χ1n) is 6.78. The first kappa shape index (κ1) is 14.2. The average molecular weight is 274 g/mol. The number of hydrogen-bond donors (Lipinski definition) is 2. The minimum absolute atomic E-state index is 0.241. The number of ether oxygens (including phenoxy) is 1. The van der Waals surface area contributed by atoms with E-state index in [2.05, 4.69) is 0 Å². The van der Waals surface area contributed by atoms with Crippen LogP contribution in [0.1, 0.15) is 32.1 Å². The van der Waals surface area contributed by atoms with Crippen molar-refractivity contribution in [3.63, 3.8) is 0 Å². The van der Waals surface area contributed by atoms with Crippen LogP contribution in [0.3, 0.4) is 0 Å². The number of unbranched alkanes of at least 4 members (excludes halogenated alkanes) is 1. The Morgan fingerprint density at radius 2 is 1.94 bits per heavy atom. The molecule has 18 heavy (non-hydrogen) atoms. The Bertz CT molecular complexity index is 284. The van der Waals surface area contributed by atoms with Crippen molar-refractivity contribution in [3.05, 3.63) is 0 Å². The van der Waals surface area contributed by atoms with Gasteiger partial charge in [-0.1, -0.05) is 0 Å². The number of aliphatic hydroxyl groups excluding tert-OH is 1. The molecule has 0 radical (unpaired) electrons. The predicted octanol–water partition coefficient (Wildman–Crippen LogP) is 1.76. The average Bonchev–Trinajstić information content (AvgIpc) is 2.93. The van der Waals surface area contributed by atoms with Crippen molar-refractivity contribution in [2.75, 3.05) is 18.1 Å². The monoisotopic (exact) mass is 274 g/mol. The van der Waals surface area contributed by atoms with Gasteiger partial charge in [0.05, 0.1) is 12.2 Å². The van der Waals surface area contributed by atoms with Gasteiger partial charge in [0.15, 0.2) is 0 Å². The molecule has 2 saturated heterocycles. The highest BCUT2D eigenvalue weighted by atomic mass is 32.2. The van der Waals surface area contributed by atoms with Crippen LogP contribution in [0.4, 0.5) is 0 Å². The first-order valence-corrected chi connectivity index (χ1v) is 7.93. The summed E-state index contributed by atoms with van der Waals surface area (Å²) < 4.78 is 5.85. The van der Waals surface area contributed by atoms with Crippen LogP contribution in [0.25, 0.3) is 0 Å². The zero-order valence-corrected chi connectivity index (χ0v) is 11.4. The molecule has 0 aromatic carbocycles. The standard InChI is InChI=1S/C13H22O4S/c14-7-9-10(12-5-4-11(9)17-12)8-18-6-2-1-3-13(15)16/h9-12,14H,1-8H2,(H,15,16). The van der Waals surface area contributed by atoms with E-state index in [9.17, 15) is 9.90 Å². The highest BCUT2D eigenvalue weighted by Crippen LogP contribution is 2.44. The van der Waals surface area contributed by atoms with Crippen molar-refractivity contribution in [2.45, 2.75) is 44.3 Å². The first-order chi connectivity index (χ1) is 8.72. The fourth-order valence-electron chi connectivity index (χ4n) is 3.05. The Labute approximate surface area is 112 Å². The summed E-state index contributed by atoms with van der Waals surface area (Å²) in [6, 6.07) is 0. The van der Waals surface area contributed by atoms with Crippen molar-refractivity contribution in [1.29, 1.82) is 0 Å². The van der Waals surface area contributed by atoms with E-state index in [1.165, 1.54) is 0 Å². The Kier molecular flexibility index (Phi) is 5.33. The van der Waals surface area contributed by atoms with E-state index in [4.69, 9.17) is 9.84 Å². The molecule has 2 rings (SSSR count). The van der Waals surface area contributed by atoms with E-state index >= 15 is 0 Å². The van der Waals surface area contributed by atoms with Crippen molar-refractivity contribution < 1.29 is 19.7 Å². The molecule has 2 bridgehead atoms. The number of carboxylic acids is 1. The molecular weight excluding hydrogens is 252 g/mol. The van der Waals surface area contributed by atoms with Crippen LogP contribution in [0, 0.1) is 11.8 Å². The second-order valence-corrected chi connectivity index (χ2v) is 6.38. The molecule has 0 amide bonds. The van der Waals surface area contributed by atoms with Gasteiger partial charge in [-0.3, -0.25) is 4.79 Å². The van der Waals surface area contributed by atoms with E-state index < -0.39 is 5.97 Å². The second-order valence-electron chi connectivity index (χ2n) is 5.23. The fraction of sp³-hybridized carbons (Fsp3) is 0.923. The van der Waals surface area contributed by atoms with Gasteiger partial charge in [0.25, 0.3) is 0 Å². The summed E-state index contributed by atoms with van der Waals surface area (Å²) in [6.45, 7) is 0.241. The van der Waals surface area contributed by atoms with Crippen LogP contribution >= 0.6 is 11.8 Å². The summed E-state index contributed by atoms with van der Waals surface area (Å²) in [5.74, 6) is 2.18. The lowest BCUT2D eigenvalue weighted by molar-refractivity contribution is -0.137. The SMILES string of the molecule is O=C(O)CCCCSCC1C2CCC(O2)C1CO. The van der Waals surface area contributed by atoms with E-state index in [0.717, 1.165) is 37.2 Å². The molecule has 2 N–H and O–H groups in total. The summed E-state index contributed by atoms with van der Waals surface area (Å²) in [7, 11) is 0. The van der Waals surface area contributed by atoms with Crippen molar-refractivity contribution >= 4 is 17.7 Å². The van der Waals surface area contributed by atoms with Crippen LogP contribution in [-0.2, 0) is 9.53 Å². The molecule has 2 heterocycles. The third-order valence-corrected chi connectivity index (χ3v) is 5.24. The van der Waals surface area contributed by atoms with Gasteiger partial charge in [0.1, 0.15) is 0 Å². The van der Waals surface area contributed by atoms with E-state index in [-0.39, 0.29) is 19.1 Å². The van der Waals surface area contributed by atoms with Gasteiger partial charge in [-0.2, -0.15) is 11.8 Å². The maximum atomic E-state index is 10.4. The van der Waals surface area contributed by atoms with Gasteiger partial charge < -0.3 is 14.9 Å². The van der Waals surface area contributed by atoms with Crippen LogP contribution in [-0.4, -0.2) is 46.5 Å². The summed E-state index contributed by atoms with van der Waals surface area (Å²) in [5.41, 5.74) is 0. The molecule has 4 nitrogen and oxygen atoms in total. The Balaban J connectivity index is 1.60. The smallest absolute Gasteiger partial charge is 0.303 e. The van der Waals surface area contributed by atoms with Crippen molar-refractivity contribution in [2.24, 2.45) is 11.8 Å². The van der Waals surface area contributed by atoms with Gasteiger partial charge in [0, 0.05) is 24.9 Å². The molecular formula is C13H22O4S. The third kappa shape index (κ3) is 3.39. The topological polar surface area (TPSA) is 66.8 Å². The maximum absolute atomic E-state index is 10.4. The largest absolute Gasteiger partial charge is 0.481 e. The van der Waals surface area contributed by atoms with E-state index in [1.54, 1.807) is 0 Å². The number of rotatable bonds is 8. The lowest BCUT2D eigenvalue weighted by Gasteiger charge is -2.25. The van der Waals surface area contributed by atoms with Gasteiger partial charge in [-0.15, -0.1) is 0 Å². The predicted molar refractivity (Wildman–Crippen MR) is 70.8 cm³/mol. The number of carbonyl (C=O) groups is 1. The molecule has 4 atom stereocenters. The molecule has 104 valence electrons. The van der Waals surface area contributed by atoms with Crippen LogP contribution in [0.5, 0.6) is 0 Å². The number of thioether (sulfide) groups is 1. The highest BCUT2D eigenvalue weighted by Gasteiger charge is 2.47. The van der Waals surface area contributed by atoms with Crippen LogP contribution in [0.15, 0.2) is 0 Å². The molecule has 0 spiro atoms. The second kappa shape index (κ2) is 6.78. The molecule has 2 aliphatic rings. The van der Waals surface area contributed by atoms with E-state index in [0.29, 0.717) is 17.9 Å². The van der Waals surface area contributed by atoms with Crippen LogP contribution < -0.4 is 0 Å². The highest BCUT2D eigenvalue weighted by molar-refractivity contribution is 7.99.